The number of hydrogen-bond acceptors (Lipinski definition) is 2. The molecular formula is C15H12INO2. The first-order chi connectivity index (χ1) is 9.18. The highest BCUT2D eigenvalue weighted by atomic mass is 127. The number of rotatable bonds is 1. The van der Waals surface area contributed by atoms with Crippen LogP contribution in [0.15, 0.2) is 36.4 Å². The van der Waals surface area contributed by atoms with Crippen LogP contribution in [0.5, 0.6) is 0 Å². The number of allylic oxidation sites excluding steroid dienone is 2. The van der Waals surface area contributed by atoms with E-state index in [4.69, 9.17) is 0 Å². The van der Waals surface area contributed by atoms with Gasteiger partial charge in [-0.05, 0) is 53.0 Å². The summed E-state index contributed by atoms with van der Waals surface area (Å²) in [5.41, 5.74) is 0.743. The largest absolute Gasteiger partial charge is 0.274 e. The van der Waals surface area contributed by atoms with E-state index in [0.29, 0.717) is 0 Å². The molecule has 2 aliphatic carbocycles. The molecule has 3 aliphatic rings. The lowest BCUT2D eigenvalue weighted by atomic mass is 9.85. The number of carbonyl (C=O) groups excluding carboxylic acids is 2. The normalized spacial score (nSPS) is 35.3. The van der Waals surface area contributed by atoms with Gasteiger partial charge in [-0.2, -0.15) is 0 Å². The van der Waals surface area contributed by atoms with Crippen LogP contribution in [0.1, 0.15) is 6.42 Å². The van der Waals surface area contributed by atoms with E-state index in [1.807, 2.05) is 24.3 Å². The Morgan fingerprint density at radius 1 is 1.00 bits per heavy atom. The smallest absolute Gasteiger partial charge is 0.238 e. The van der Waals surface area contributed by atoms with Crippen LogP contribution in [-0.2, 0) is 9.59 Å². The van der Waals surface area contributed by atoms with E-state index in [1.165, 1.54) is 4.90 Å². The molecule has 0 spiro atoms. The van der Waals surface area contributed by atoms with Crippen LogP contribution in [-0.4, -0.2) is 11.8 Å². The minimum atomic E-state index is -0.112. The Morgan fingerprint density at radius 2 is 1.58 bits per heavy atom. The van der Waals surface area contributed by atoms with Crippen molar-refractivity contribution in [3.63, 3.8) is 0 Å². The SMILES string of the molecule is O=C1[C@@H]2[C@@H](C(=O)N1c1ccccc1I)[C@H]1C=C[C@H]2C1. The molecule has 1 heterocycles. The van der Waals surface area contributed by atoms with E-state index in [0.717, 1.165) is 15.7 Å². The topological polar surface area (TPSA) is 37.4 Å². The Morgan fingerprint density at radius 3 is 2.16 bits per heavy atom. The van der Waals surface area contributed by atoms with Gasteiger partial charge in [0, 0.05) is 3.57 Å². The molecule has 3 nitrogen and oxygen atoms in total. The molecule has 96 valence electrons. The molecule has 2 amide bonds. The Hall–Kier alpha value is -1.17. The van der Waals surface area contributed by atoms with E-state index in [1.54, 1.807) is 0 Å². The van der Waals surface area contributed by atoms with Crippen molar-refractivity contribution in [3.05, 3.63) is 40.0 Å². The molecule has 1 aliphatic heterocycles. The highest BCUT2D eigenvalue weighted by Gasteiger charge is 2.59. The van der Waals surface area contributed by atoms with Gasteiger partial charge in [0.2, 0.25) is 11.8 Å². The first-order valence-corrected chi connectivity index (χ1v) is 7.57. The quantitative estimate of drug-likeness (QED) is 0.436. The second-order valence-corrected chi connectivity index (χ2v) is 6.63. The monoisotopic (exact) mass is 365 g/mol. The van der Waals surface area contributed by atoms with Crippen molar-refractivity contribution in [1.29, 1.82) is 0 Å². The summed E-state index contributed by atoms with van der Waals surface area (Å²) in [4.78, 5) is 26.6. The maximum absolute atomic E-state index is 12.6. The number of hydrogen-bond donors (Lipinski definition) is 0. The average Bonchev–Trinajstić information content (AvgIpc) is 3.06. The highest BCUT2D eigenvalue weighted by Crippen LogP contribution is 2.53. The summed E-state index contributed by atoms with van der Waals surface area (Å²) in [5, 5.41) is 0. The predicted octanol–water partition coefficient (Wildman–Crippen LogP) is 2.60. The molecule has 0 aromatic heterocycles. The van der Waals surface area contributed by atoms with Gasteiger partial charge in [-0.1, -0.05) is 24.3 Å². The maximum atomic E-state index is 12.6. The lowest BCUT2D eigenvalue weighted by Gasteiger charge is -2.18. The van der Waals surface area contributed by atoms with Crippen molar-refractivity contribution in [2.75, 3.05) is 4.90 Å². The van der Waals surface area contributed by atoms with Crippen molar-refractivity contribution >= 4 is 40.1 Å². The van der Waals surface area contributed by atoms with Crippen molar-refractivity contribution in [2.24, 2.45) is 23.7 Å². The molecule has 0 radical (unpaired) electrons. The van der Waals surface area contributed by atoms with Gasteiger partial charge in [0.1, 0.15) is 0 Å². The Labute approximate surface area is 124 Å². The van der Waals surface area contributed by atoms with E-state index in [9.17, 15) is 9.59 Å². The number of amides is 2. The summed E-state index contributed by atoms with van der Waals surface area (Å²) in [6, 6.07) is 7.58. The van der Waals surface area contributed by atoms with Crippen LogP contribution in [0.3, 0.4) is 0 Å². The first-order valence-electron chi connectivity index (χ1n) is 6.49. The van der Waals surface area contributed by atoms with Gasteiger partial charge < -0.3 is 0 Å². The highest BCUT2D eigenvalue weighted by molar-refractivity contribution is 14.1. The molecule has 4 heteroatoms. The van der Waals surface area contributed by atoms with Crippen molar-refractivity contribution in [3.8, 4) is 0 Å². The molecule has 1 saturated heterocycles. The van der Waals surface area contributed by atoms with E-state index < -0.39 is 0 Å². The Kier molecular flexibility index (Phi) is 2.40. The number of nitrogens with zero attached hydrogens (tertiary/aromatic N) is 1. The van der Waals surface area contributed by atoms with E-state index in [2.05, 4.69) is 34.7 Å². The number of para-hydroxylation sites is 1. The third-order valence-corrected chi connectivity index (χ3v) is 5.48. The molecule has 4 atom stereocenters. The maximum Gasteiger partial charge on any atom is 0.238 e. The Bertz CT molecular complexity index is 594. The van der Waals surface area contributed by atoms with Gasteiger partial charge in [-0.3, -0.25) is 9.59 Å². The molecular weight excluding hydrogens is 353 g/mol. The van der Waals surface area contributed by atoms with Gasteiger partial charge in [-0.25, -0.2) is 4.90 Å². The third-order valence-electron chi connectivity index (χ3n) is 4.56. The molecule has 4 rings (SSSR count). The number of halogens is 1. The summed E-state index contributed by atoms with van der Waals surface area (Å²) in [5.74, 6) is 0.319. The van der Waals surface area contributed by atoms with Crippen LogP contribution < -0.4 is 4.90 Å². The molecule has 2 fully saturated rings. The van der Waals surface area contributed by atoms with Crippen molar-refractivity contribution in [2.45, 2.75) is 6.42 Å². The third kappa shape index (κ3) is 1.43. The van der Waals surface area contributed by atoms with Crippen molar-refractivity contribution < 1.29 is 9.59 Å². The number of benzene rings is 1. The minimum absolute atomic E-state index is 0.00374. The first kappa shape index (κ1) is 11.6. The molecule has 1 aromatic carbocycles. The number of fused-ring (bicyclic) bond motifs is 5. The number of anilines is 1. The van der Waals surface area contributed by atoms with Gasteiger partial charge in [-0.15, -0.1) is 0 Å². The minimum Gasteiger partial charge on any atom is -0.274 e. The predicted molar refractivity (Wildman–Crippen MR) is 79.4 cm³/mol. The summed E-state index contributed by atoms with van der Waals surface area (Å²) in [6.07, 6.45) is 5.22. The zero-order valence-corrected chi connectivity index (χ0v) is 12.3. The number of carbonyl (C=O) groups is 2. The molecule has 0 N–H and O–H groups in total. The van der Waals surface area contributed by atoms with E-state index >= 15 is 0 Å². The van der Waals surface area contributed by atoms with Crippen molar-refractivity contribution in [1.82, 2.24) is 0 Å². The fraction of sp³-hybridized carbons (Fsp3) is 0.333. The zero-order chi connectivity index (χ0) is 13.1. The van der Waals surface area contributed by atoms with Gasteiger partial charge in [0.05, 0.1) is 17.5 Å². The summed E-state index contributed by atoms with van der Waals surface area (Å²) >= 11 is 2.18. The second kappa shape index (κ2) is 3.91. The van der Waals surface area contributed by atoms with Crippen LogP contribution in [0, 0.1) is 27.2 Å². The van der Waals surface area contributed by atoms with Gasteiger partial charge >= 0.3 is 0 Å². The summed E-state index contributed by atoms with van der Waals surface area (Å²) < 4.78 is 0.946. The van der Waals surface area contributed by atoms with Crippen LogP contribution in [0.4, 0.5) is 5.69 Å². The second-order valence-electron chi connectivity index (χ2n) is 5.46. The number of imide groups is 1. The average molecular weight is 365 g/mol. The zero-order valence-electron chi connectivity index (χ0n) is 10.1. The Balaban J connectivity index is 1.79. The molecule has 2 bridgehead atoms. The fourth-order valence-electron chi connectivity index (χ4n) is 3.77. The fourth-order valence-corrected chi connectivity index (χ4v) is 4.40. The molecule has 1 saturated carbocycles. The molecule has 19 heavy (non-hydrogen) atoms. The van der Waals surface area contributed by atoms with Crippen LogP contribution >= 0.6 is 22.6 Å². The van der Waals surface area contributed by atoms with Gasteiger partial charge in [0.15, 0.2) is 0 Å². The lowest BCUT2D eigenvalue weighted by molar-refractivity contribution is -0.123. The summed E-state index contributed by atoms with van der Waals surface area (Å²) in [6.45, 7) is 0. The lowest BCUT2D eigenvalue weighted by Crippen LogP contribution is -2.33. The molecule has 1 aromatic rings. The standard InChI is InChI=1S/C15H12INO2/c16-10-3-1-2-4-11(10)17-14(18)12-8-5-6-9(7-8)13(12)15(17)19/h1-6,8-9,12-13H,7H2/t8-,9-,12-,13-/m0/s1. The molecule has 0 unspecified atom stereocenters. The van der Waals surface area contributed by atoms with Gasteiger partial charge in [0.25, 0.3) is 0 Å². The van der Waals surface area contributed by atoms with E-state index in [-0.39, 0.29) is 35.5 Å². The van der Waals surface area contributed by atoms with Crippen LogP contribution in [0.25, 0.3) is 0 Å². The van der Waals surface area contributed by atoms with Crippen LogP contribution in [0.2, 0.25) is 0 Å². The summed E-state index contributed by atoms with van der Waals surface area (Å²) in [7, 11) is 0.